The number of nitrogens with two attached hydrogens (primary N) is 1. The van der Waals surface area contributed by atoms with Crippen molar-refractivity contribution in [3.05, 3.63) is 59.2 Å². The van der Waals surface area contributed by atoms with E-state index < -0.39 is 0 Å². The number of benzene rings is 1. The van der Waals surface area contributed by atoms with Crippen molar-refractivity contribution in [3.8, 4) is 0 Å². The Kier molecular flexibility index (Phi) is 4.26. The van der Waals surface area contributed by atoms with Crippen LogP contribution in [0, 0.1) is 11.8 Å². The highest BCUT2D eigenvalue weighted by Crippen LogP contribution is 2.35. The van der Waals surface area contributed by atoms with Gasteiger partial charge in [-0.05, 0) is 28.5 Å². The fourth-order valence-electron chi connectivity index (χ4n) is 2.74. The SMILES string of the molecule is CC(C)C1=CC(c2ccccc2)C(N)C(C(C)C)=C1. The zero-order valence-electron chi connectivity index (χ0n) is 12.4. The summed E-state index contributed by atoms with van der Waals surface area (Å²) in [5.74, 6) is 1.36. The first-order chi connectivity index (χ1) is 9.00. The van der Waals surface area contributed by atoms with E-state index in [4.69, 9.17) is 5.73 Å². The summed E-state index contributed by atoms with van der Waals surface area (Å²) < 4.78 is 0. The van der Waals surface area contributed by atoms with Gasteiger partial charge < -0.3 is 5.73 Å². The molecule has 0 fully saturated rings. The van der Waals surface area contributed by atoms with Crippen LogP contribution >= 0.6 is 0 Å². The summed E-state index contributed by atoms with van der Waals surface area (Å²) in [4.78, 5) is 0. The lowest BCUT2D eigenvalue weighted by Gasteiger charge is -2.32. The molecule has 0 aliphatic heterocycles. The summed E-state index contributed by atoms with van der Waals surface area (Å²) in [6.45, 7) is 8.96. The van der Waals surface area contributed by atoms with Gasteiger partial charge in [-0.15, -0.1) is 0 Å². The third kappa shape index (κ3) is 2.98. The van der Waals surface area contributed by atoms with Gasteiger partial charge in [0.2, 0.25) is 0 Å². The molecular weight excluding hydrogens is 230 g/mol. The first-order valence-electron chi connectivity index (χ1n) is 7.24. The number of allylic oxidation sites excluding steroid dienone is 2. The van der Waals surface area contributed by atoms with Crippen molar-refractivity contribution >= 4 is 0 Å². The van der Waals surface area contributed by atoms with E-state index >= 15 is 0 Å². The highest BCUT2D eigenvalue weighted by atomic mass is 14.7. The van der Waals surface area contributed by atoms with E-state index in [9.17, 15) is 0 Å². The molecule has 1 aromatic carbocycles. The van der Waals surface area contributed by atoms with Crippen LogP contribution in [-0.2, 0) is 0 Å². The third-order valence-corrected chi connectivity index (χ3v) is 3.99. The predicted molar refractivity (Wildman–Crippen MR) is 83.0 cm³/mol. The van der Waals surface area contributed by atoms with E-state index in [-0.39, 0.29) is 6.04 Å². The van der Waals surface area contributed by atoms with Crippen LogP contribution < -0.4 is 5.73 Å². The molecule has 1 aromatic rings. The standard InChI is InChI=1S/C18H25N/c1-12(2)15-10-16(13(3)4)18(19)17(11-15)14-8-6-5-7-9-14/h5-13,17-18H,19H2,1-4H3. The quantitative estimate of drug-likeness (QED) is 0.857. The Hall–Kier alpha value is -1.34. The van der Waals surface area contributed by atoms with Gasteiger partial charge in [0.25, 0.3) is 0 Å². The minimum Gasteiger partial charge on any atom is -0.323 e. The maximum absolute atomic E-state index is 6.51. The molecule has 0 heterocycles. The minimum atomic E-state index is 0.102. The van der Waals surface area contributed by atoms with Crippen LogP contribution in [0.4, 0.5) is 0 Å². The predicted octanol–water partition coefficient (Wildman–Crippen LogP) is 4.28. The lowest BCUT2D eigenvalue weighted by molar-refractivity contribution is 0.579. The van der Waals surface area contributed by atoms with Crippen LogP contribution in [0.1, 0.15) is 39.2 Å². The molecule has 0 amide bonds. The molecule has 0 spiro atoms. The van der Waals surface area contributed by atoms with Crippen molar-refractivity contribution in [3.63, 3.8) is 0 Å². The normalized spacial score (nSPS) is 23.5. The van der Waals surface area contributed by atoms with Crippen molar-refractivity contribution in [2.24, 2.45) is 17.6 Å². The average molecular weight is 255 g/mol. The van der Waals surface area contributed by atoms with E-state index in [1.54, 1.807) is 0 Å². The molecule has 2 atom stereocenters. The Balaban J connectivity index is 2.42. The van der Waals surface area contributed by atoms with Gasteiger partial charge in [0.15, 0.2) is 0 Å². The van der Waals surface area contributed by atoms with Gasteiger partial charge in [0.1, 0.15) is 0 Å². The maximum Gasteiger partial charge on any atom is 0.0364 e. The fraction of sp³-hybridized carbons (Fsp3) is 0.444. The second-order valence-corrected chi connectivity index (χ2v) is 6.08. The van der Waals surface area contributed by atoms with Gasteiger partial charge in [0.05, 0.1) is 0 Å². The summed E-state index contributed by atoms with van der Waals surface area (Å²) in [6.07, 6.45) is 4.68. The molecule has 1 aliphatic carbocycles. The van der Waals surface area contributed by atoms with Crippen LogP contribution in [0.5, 0.6) is 0 Å². The van der Waals surface area contributed by atoms with E-state index in [1.165, 1.54) is 16.7 Å². The van der Waals surface area contributed by atoms with Gasteiger partial charge >= 0.3 is 0 Å². The van der Waals surface area contributed by atoms with Crippen LogP contribution in [0.25, 0.3) is 0 Å². The summed E-state index contributed by atoms with van der Waals surface area (Å²) >= 11 is 0. The van der Waals surface area contributed by atoms with Gasteiger partial charge in [-0.3, -0.25) is 0 Å². The third-order valence-electron chi connectivity index (χ3n) is 3.99. The second-order valence-electron chi connectivity index (χ2n) is 6.08. The molecule has 19 heavy (non-hydrogen) atoms. The Morgan fingerprint density at radius 2 is 1.58 bits per heavy atom. The molecule has 0 saturated heterocycles. The lowest BCUT2D eigenvalue weighted by Crippen LogP contribution is -2.34. The fourth-order valence-corrected chi connectivity index (χ4v) is 2.74. The van der Waals surface area contributed by atoms with E-state index in [2.05, 4.69) is 70.2 Å². The zero-order valence-corrected chi connectivity index (χ0v) is 12.4. The second kappa shape index (κ2) is 5.75. The van der Waals surface area contributed by atoms with E-state index in [0.29, 0.717) is 17.8 Å². The first-order valence-corrected chi connectivity index (χ1v) is 7.24. The number of rotatable bonds is 3. The van der Waals surface area contributed by atoms with Crippen molar-refractivity contribution < 1.29 is 0 Å². The summed E-state index contributed by atoms with van der Waals surface area (Å²) in [6, 6.07) is 10.7. The summed E-state index contributed by atoms with van der Waals surface area (Å²) in [5, 5.41) is 0. The van der Waals surface area contributed by atoms with Gasteiger partial charge in [0, 0.05) is 12.0 Å². The Morgan fingerprint density at radius 3 is 2.11 bits per heavy atom. The highest BCUT2D eigenvalue weighted by Gasteiger charge is 2.27. The van der Waals surface area contributed by atoms with Crippen LogP contribution in [0.3, 0.4) is 0 Å². The van der Waals surface area contributed by atoms with E-state index in [1.807, 2.05) is 0 Å². The first kappa shape index (κ1) is 14.1. The molecule has 0 radical (unpaired) electrons. The molecule has 0 aromatic heterocycles. The lowest BCUT2D eigenvalue weighted by atomic mass is 9.76. The van der Waals surface area contributed by atoms with Crippen LogP contribution in [-0.4, -0.2) is 6.04 Å². The largest absolute Gasteiger partial charge is 0.323 e. The van der Waals surface area contributed by atoms with Gasteiger partial charge in [-0.1, -0.05) is 70.2 Å². The number of hydrogen-bond donors (Lipinski definition) is 1. The summed E-state index contributed by atoms with van der Waals surface area (Å²) in [7, 11) is 0. The molecule has 0 saturated carbocycles. The summed E-state index contributed by atoms with van der Waals surface area (Å²) in [5.41, 5.74) is 10.6. The molecule has 1 aliphatic rings. The molecular formula is C18H25N. The van der Waals surface area contributed by atoms with Gasteiger partial charge in [-0.25, -0.2) is 0 Å². The molecule has 102 valence electrons. The topological polar surface area (TPSA) is 26.0 Å². The van der Waals surface area contributed by atoms with Crippen LogP contribution in [0.2, 0.25) is 0 Å². The highest BCUT2D eigenvalue weighted by molar-refractivity contribution is 5.42. The molecule has 1 nitrogen and oxygen atoms in total. The van der Waals surface area contributed by atoms with Crippen molar-refractivity contribution in [1.29, 1.82) is 0 Å². The molecule has 0 bridgehead atoms. The molecule has 2 N–H and O–H groups in total. The minimum absolute atomic E-state index is 0.102. The van der Waals surface area contributed by atoms with E-state index in [0.717, 1.165) is 0 Å². The van der Waals surface area contributed by atoms with Crippen molar-refractivity contribution in [2.75, 3.05) is 0 Å². The van der Waals surface area contributed by atoms with Gasteiger partial charge in [-0.2, -0.15) is 0 Å². The Labute approximate surface area is 117 Å². The Morgan fingerprint density at radius 1 is 0.947 bits per heavy atom. The molecule has 2 unspecified atom stereocenters. The smallest absolute Gasteiger partial charge is 0.0364 e. The van der Waals surface area contributed by atoms with Crippen molar-refractivity contribution in [2.45, 2.75) is 39.7 Å². The monoisotopic (exact) mass is 255 g/mol. The number of hydrogen-bond acceptors (Lipinski definition) is 1. The average Bonchev–Trinajstić information content (AvgIpc) is 2.39. The Bertz CT molecular complexity index is 480. The molecule has 2 rings (SSSR count). The van der Waals surface area contributed by atoms with Crippen molar-refractivity contribution in [1.82, 2.24) is 0 Å². The molecule has 1 heteroatoms. The van der Waals surface area contributed by atoms with Crippen LogP contribution in [0.15, 0.2) is 53.6 Å². The zero-order chi connectivity index (χ0) is 14.0. The maximum atomic E-state index is 6.51.